The van der Waals surface area contributed by atoms with E-state index >= 15 is 0 Å². The molecule has 1 heterocycles. The topological polar surface area (TPSA) is 66.0 Å². The Labute approximate surface area is 194 Å². The fourth-order valence-electron chi connectivity index (χ4n) is 2.80. The lowest BCUT2D eigenvalue weighted by atomic mass is 10.0. The lowest BCUT2D eigenvalue weighted by Crippen LogP contribution is -2.53. The lowest BCUT2D eigenvalue weighted by molar-refractivity contribution is -0.0821. The second-order valence-electron chi connectivity index (χ2n) is 10.8. The van der Waals surface area contributed by atoms with Crippen LogP contribution in [0, 0.1) is 12.0 Å². The van der Waals surface area contributed by atoms with Gasteiger partial charge < -0.3 is 24.0 Å². The number of ether oxygens (including phenoxy) is 3. The van der Waals surface area contributed by atoms with Crippen molar-refractivity contribution in [3.05, 3.63) is 35.9 Å². The zero-order valence-corrected chi connectivity index (χ0v) is 21.8. The first kappa shape index (κ1) is 26.2. The molecule has 0 radical (unpaired) electrons. The summed E-state index contributed by atoms with van der Waals surface area (Å²) in [7, 11) is -1.96. The van der Waals surface area contributed by atoms with Crippen LogP contribution in [-0.2, 0) is 25.2 Å². The van der Waals surface area contributed by atoms with Gasteiger partial charge in [0.05, 0.1) is 31.5 Å². The summed E-state index contributed by atoms with van der Waals surface area (Å²) < 4.78 is 23.5. The molecule has 0 bridgehead atoms. The first-order valence-corrected chi connectivity index (χ1v) is 14.1. The Balaban J connectivity index is 2.05. The average Bonchev–Trinajstić information content (AvgIpc) is 2.66. The SMILES string of the molecule is CC(C)(C)OC(=O)N[C@H]1CO[C@H](C#CO[Si](C)(C)C(C)(C)C)CC1OCc1ccccc1. The zero-order chi connectivity index (χ0) is 24.0. The number of hydrogen-bond donors (Lipinski definition) is 1. The van der Waals surface area contributed by atoms with Crippen molar-refractivity contribution in [3.63, 3.8) is 0 Å². The van der Waals surface area contributed by atoms with Gasteiger partial charge in [-0.1, -0.05) is 51.1 Å². The maximum Gasteiger partial charge on any atom is 0.408 e. The Hall–Kier alpha value is -2.01. The third-order valence-electron chi connectivity index (χ3n) is 5.71. The van der Waals surface area contributed by atoms with Gasteiger partial charge in [-0.25, -0.2) is 4.79 Å². The van der Waals surface area contributed by atoms with Crippen LogP contribution in [-0.4, -0.2) is 44.9 Å². The summed E-state index contributed by atoms with van der Waals surface area (Å²) in [6.45, 7) is 17.1. The Bertz CT molecular complexity index is 802. The summed E-state index contributed by atoms with van der Waals surface area (Å²) in [5, 5.41) is 2.98. The van der Waals surface area contributed by atoms with Crippen molar-refractivity contribution in [1.82, 2.24) is 5.32 Å². The average molecular weight is 462 g/mol. The van der Waals surface area contributed by atoms with Gasteiger partial charge >= 0.3 is 6.09 Å². The minimum atomic E-state index is -1.96. The molecule has 2 rings (SSSR count). The molecule has 1 aromatic carbocycles. The Morgan fingerprint density at radius 1 is 1.16 bits per heavy atom. The maximum absolute atomic E-state index is 12.3. The Kier molecular flexibility index (Phi) is 8.80. The van der Waals surface area contributed by atoms with E-state index in [1.165, 1.54) is 0 Å². The zero-order valence-electron chi connectivity index (χ0n) is 20.8. The van der Waals surface area contributed by atoms with E-state index in [1.54, 1.807) is 0 Å². The van der Waals surface area contributed by atoms with Crippen LogP contribution in [0.4, 0.5) is 4.79 Å². The van der Waals surface area contributed by atoms with Crippen LogP contribution < -0.4 is 5.32 Å². The van der Waals surface area contributed by atoms with Crippen molar-refractivity contribution < 1.29 is 23.4 Å². The largest absolute Gasteiger partial charge is 0.500 e. The maximum atomic E-state index is 12.3. The molecule has 0 aliphatic carbocycles. The summed E-state index contributed by atoms with van der Waals surface area (Å²) in [6.07, 6.45) is 2.37. The molecule has 1 fully saturated rings. The molecular weight excluding hydrogens is 422 g/mol. The molecule has 1 unspecified atom stereocenters. The van der Waals surface area contributed by atoms with Gasteiger partial charge in [0.25, 0.3) is 8.32 Å². The molecule has 1 aromatic rings. The van der Waals surface area contributed by atoms with Gasteiger partial charge in [0.15, 0.2) is 0 Å². The molecule has 178 valence electrons. The van der Waals surface area contributed by atoms with Gasteiger partial charge in [-0.2, -0.15) is 0 Å². The number of hydrogen-bond acceptors (Lipinski definition) is 5. The number of nitrogens with one attached hydrogen (secondary N) is 1. The molecule has 0 saturated carbocycles. The number of benzene rings is 1. The predicted molar refractivity (Wildman–Crippen MR) is 129 cm³/mol. The lowest BCUT2D eigenvalue weighted by Gasteiger charge is -2.35. The second kappa shape index (κ2) is 10.7. The van der Waals surface area contributed by atoms with Crippen LogP contribution in [0.25, 0.3) is 0 Å². The summed E-state index contributed by atoms with van der Waals surface area (Å²) in [5.74, 6) is 3.11. The Morgan fingerprint density at radius 2 is 1.81 bits per heavy atom. The quantitative estimate of drug-likeness (QED) is 0.480. The molecule has 3 atom stereocenters. The normalized spacial score (nSPS) is 21.8. The predicted octanol–water partition coefficient (Wildman–Crippen LogP) is 5.24. The smallest absolute Gasteiger partial charge is 0.408 e. The second-order valence-corrected chi connectivity index (χ2v) is 15.5. The van der Waals surface area contributed by atoms with Crippen molar-refractivity contribution >= 4 is 14.4 Å². The molecule has 1 amide bonds. The molecule has 1 N–H and O–H groups in total. The first-order chi connectivity index (χ1) is 14.8. The van der Waals surface area contributed by atoms with Gasteiger partial charge in [0.2, 0.25) is 0 Å². The molecule has 32 heavy (non-hydrogen) atoms. The minimum absolute atomic E-state index is 0.0822. The van der Waals surface area contributed by atoms with Crippen molar-refractivity contribution in [1.29, 1.82) is 0 Å². The summed E-state index contributed by atoms with van der Waals surface area (Å²) in [6, 6.07) is 9.63. The number of amides is 1. The minimum Gasteiger partial charge on any atom is -0.500 e. The van der Waals surface area contributed by atoms with E-state index in [-0.39, 0.29) is 29.9 Å². The summed E-state index contributed by atoms with van der Waals surface area (Å²) >= 11 is 0. The third-order valence-corrected chi connectivity index (χ3v) is 9.94. The van der Waals surface area contributed by atoms with E-state index in [9.17, 15) is 4.79 Å². The highest BCUT2D eigenvalue weighted by Crippen LogP contribution is 2.36. The highest BCUT2D eigenvalue weighted by Gasteiger charge is 2.39. The number of rotatable bonds is 5. The van der Waals surface area contributed by atoms with Crippen LogP contribution in [0.3, 0.4) is 0 Å². The van der Waals surface area contributed by atoms with Crippen molar-refractivity contribution in [3.8, 4) is 12.0 Å². The van der Waals surface area contributed by atoms with E-state index in [2.05, 4.69) is 51.2 Å². The van der Waals surface area contributed by atoms with Crippen LogP contribution >= 0.6 is 0 Å². The molecule has 1 aliphatic rings. The van der Waals surface area contributed by atoms with E-state index < -0.39 is 20.0 Å². The van der Waals surface area contributed by atoms with Crippen LogP contribution in [0.2, 0.25) is 18.1 Å². The number of alkyl carbamates (subject to hydrolysis) is 1. The molecule has 0 aromatic heterocycles. The standard InChI is InChI=1S/C25H39NO5Si/c1-24(2,3)31-23(27)26-21-18-28-20(14-15-30-32(7,8)25(4,5)6)16-22(21)29-17-19-12-10-9-11-13-19/h9-13,20-22H,16-18H2,1-8H3,(H,26,27)/t20-,21+,22?/m1/s1. The highest BCUT2D eigenvalue weighted by atomic mass is 28.4. The van der Waals surface area contributed by atoms with E-state index in [1.807, 2.05) is 51.1 Å². The van der Waals surface area contributed by atoms with Gasteiger partial charge in [0, 0.05) is 6.42 Å². The van der Waals surface area contributed by atoms with Gasteiger partial charge in [-0.3, -0.25) is 0 Å². The molecule has 1 saturated heterocycles. The summed E-state index contributed by atoms with van der Waals surface area (Å²) in [5.41, 5.74) is 0.494. The van der Waals surface area contributed by atoms with Gasteiger partial charge in [-0.15, -0.1) is 0 Å². The third kappa shape index (κ3) is 8.49. The molecule has 0 spiro atoms. The monoisotopic (exact) mass is 461 g/mol. The number of carbonyl (C=O) groups excluding carboxylic acids is 1. The van der Waals surface area contributed by atoms with Crippen molar-refractivity contribution in [2.45, 2.75) is 96.6 Å². The highest BCUT2D eigenvalue weighted by molar-refractivity contribution is 6.74. The fraction of sp³-hybridized carbons (Fsp3) is 0.640. The molecule has 1 aliphatic heterocycles. The Morgan fingerprint density at radius 3 is 2.41 bits per heavy atom. The molecule has 7 heteroatoms. The fourth-order valence-corrected chi connectivity index (χ4v) is 3.42. The van der Waals surface area contributed by atoms with Crippen LogP contribution in [0.1, 0.15) is 53.5 Å². The van der Waals surface area contributed by atoms with Crippen molar-refractivity contribution in [2.75, 3.05) is 6.61 Å². The number of carbonyl (C=O) groups is 1. The molecular formula is C25H39NO5Si. The van der Waals surface area contributed by atoms with Crippen LogP contribution in [0.5, 0.6) is 0 Å². The van der Waals surface area contributed by atoms with E-state index in [0.717, 1.165) is 5.56 Å². The summed E-state index contributed by atoms with van der Waals surface area (Å²) in [4.78, 5) is 12.3. The first-order valence-electron chi connectivity index (χ1n) is 11.2. The van der Waals surface area contributed by atoms with E-state index in [0.29, 0.717) is 13.0 Å². The van der Waals surface area contributed by atoms with E-state index in [4.69, 9.17) is 18.6 Å². The van der Waals surface area contributed by atoms with Crippen LogP contribution in [0.15, 0.2) is 30.3 Å². The molecule has 6 nitrogen and oxygen atoms in total. The van der Waals surface area contributed by atoms with Gasteiger partial charge in [-0.05, 0) is 50.4 Å². The van der Waals surface area contributed by atoms with Gasteiger partial charge in [0.1, 0.15) is 11.7 Å². The van der Waals surface area contributed by atoms with Crippen molar-refractivity contribution in [2.24, 2.45) is 0 Å².